The molecule has 140 valence electrons. The van der Waals surface area contributed by atoms with Gasteiger partial charge in [0.25, 0.3) is 0 Å². The van der Waals surface area contributed by atoms with Gasteiger partial charge in [-0.2, -0.15) is 5.10 Å². The first kappa shape index (κ1) is 20.4. The van der Waals surface area contributed by atoms with Gasteiger partial charge in [-0.05, 0) is 35.9 Å². The number of carbonyl (C=O) groups excluding carboxylic acids is 1. The molecule has 2 aromatic carbocycles. The van der Waals surface area contributed by atoms with Crippen molar-refractivity contribution in [2.45, 2.75) is 13.1 Å². The number of aliphatic imine (C=N–C) groups is 1. The number of hydrogen-bond donors (Lipinski definition) is 3. The second-order valence-electron chi connectivity index (χ2n) is 5.64. The van der Waals surface area contributed by atoms with Crippen LogP contribution in [0.2, 0.25) is 0 Å². The SMILES string of the molecule is I.NC(=NCc1cccc(NC(=O)Cn2cccn2)c1)Nc1ccccc1. The van der Waals surface area contributed by atoms with Crippen molar-refractivity contribution in [1.29, 1.82) is 0 Å². The highest BCUT2D eigenvalue weighted by Gasteiger charge is 2.04. The molecule has 27 heavy (non-hydrogen) atoms. The average Bonchev–Trinajstić information content (AvgIpc) is 3.14. The van der Waals surface area contributed by atoms with Gasteiger partial charge in [0.15, 0.2) is 5.96 Å². The van der Waals surface area contributed by atoms with Gasteiger partial charge in [-0.1, -0.05) is 30.3 Å². The van der Waals surface area contributed by atoms with Crippen molar-refractivity contribution in [3.05, 3.63) is 78.6 Å². The first-order valence-electron chi connectivity index (χ1n) is 8.17. The van der Waals surface area contributed by atoms with E-state index in [-0.39, 0.29) is 36.4 Å². The lowest BCUT2D eigenvalue weighted by atomic mass is 10.2. The lowest BCUT2D eigenvalue weighted by Crippen LogP contribution is -2.22. The molecule has 0 bridgehead atoms. The van der Waals surface area contributed by atoms with Crippen molar-refractivity contribution >= 4 is 47.2 Å². The molecular weight excluding hydrogens is 455 g/mol. The van der Waals surface area contributed by atoms with Crippen molar-refractivity contribution in [1.82, 2.24) is 9.78 Å². The van der Waals surface area contributed by atoms with E-state index in [1.165, 1.54) is 0 Å². The van der Waals surface area contributed by atoms with Crippen LogP contribution in [-0.2, 0) is 17.9 Å². The van der Waals surface area contributed by atoms with E-state index in [0.717, 1.165) is 11.3 Å². The summed E-state index contributed by atoms with van der Waals surface area (Å²) in [5.74, 6) is 0.198. The van der Waals surface area contributed by atoms with E-state index in [0.29, 0.717) is 18.2 Å². The molecule has 0 saturated carbocycles. The summed E-state index contributed by atoms with van der Waals surface area (Å²) in [6.45, 7) is 0.581. The molecule has 7 nitrogen and oxygen atoms in total. The third-order valence-electron chi connectivity index (χ3n) is 3.55. The van der Waals surface area contributed by atoms with Gasteiger partial charge in [-0.25, -0.2) is 4.99 Å². The van der Waals surface area contributed by atoms with Crippen LogP contribution >= 0.6 is 24.0 Å². The first-order valence-corrected chi connectivity index (χ1v) is 8.17. The van der Waals surface area contributed by atoms with Crippen LogP contribution in [0.5, 0.6) is 0 Å². The molecule has 0 atom stereocenters. The Labute approximate surface area is 174 Å². The number of guanidine groups is 1. The molecule has 1 amide bonds. The van der Waals surface area contributed by atoms with Crippen LogP contribution in [0.4, 0.5) is 11.4 Å². The van der Waals surface area contributed by atoms with Gasteiger partial charge < -0.3 is 16.4 Å². The molecule has 4 N–H and O–H groups in total. The Hall–Kier alpha value is -2.88. The highest BCUT2D eigenvalue weighted by molar-refractivity contribution is 14.0. The van der Waals surface area contributed by atoms with E-state index >= 15 is 0 Å². The smallest absolute Gasteiger partial charge is 0.246 e. The third kappa shape index (κ3) is 6.74. The third-order valence-corrected chi connectivity index (χ3v) is 3.55. The topological polar surface area (TPSA) is 97.3 Å². The fraction of sp³-hybridized carbons (Fsp3) is 0.105. The number of nitrogens with two attached hydrogens (primary N) is 1. The monoisotopic (exact) mass is 476 g/mol. The van der Waals surface area contributed by atoms with Gasteiger partial charge in [0.2, 0.25) is 5.91 Å². The van der Waals surface area contributed by atoms with E-state index in [1.54, 1.807) is 23.1 Å². The van der Waals surface area contributed by atoms with Gasteiger partial charge >= 0.3 is 0 Å². The summed E-state index contributed by atoms with van der Waals surface area (Å²) in [6, 6.07) is 18.9. The molecule has 0 saturated heterocycles. The summed E-state index contributed by atoms with van der Waals surface area (Å²) in [6.07, 6.45) is 3.38. The van der Waals surface area contributed by atoms with Crippen molar-refractivity contribution in [2.75, 3.05) is 10.6 Å². The molecule has 1 aromatic heterocycles. The van der Waals surface area contributed by atoms with Gasteiger partial charge in [-0.15, -0.1) is 24.0 Å². The molecular formula is C19H21IN6O. The minimum absolute atomic E-state index is 0. The van der Waals surface area contributed by atoms with Crippen LogP contribution in [0.15, 0.2) is 78.0 Å². The van der Waals surface area contributed by atoms with Crippen molar-refractivity contribution < 1.29 is 4.79 Å². The van der Waals surface area contributed by atoms with E-state index in [9.17, 15) is 4.79 Å². The Kier molecular flexibility index (Phi) is 7.80. The summed E-state index contributed by atoms with van der Waals surface area (Å²) >= 11 is 0. The predicted octanol–water partition coefficient (Wildman–Crippen LogP) is 3.07. The minimum atomic E-state index is -0.139. The maximum atomic E-state index is 12.0. The first-order chi connectivity index (χ1) is 12.7. The lowest BCUT2D eigenvalue weighted by Gasteiger charge is -2.08. The minimum Gasteiger partial charge on any atom is -0.370 e. The van der Waals surface area contributed by atoms with E-state index < -0.39 is 0 Å². The number of nitrogens with one attached hydrogen (secondary N) is 2. The fourth-order valence-electron chi connectivity index (χ4n) is 2.37. The zero-order chi connectivity index (χ0) is 18.2. The molecule has 3 rings (SSSR count). The molecule has 8 heteroatoms. The maximum absolute atomic E-state index is 12.0. The number of benzene rings is 2. The molecule has 0 radical (unpaired) electrons. The van der Waals surface area contributed by atoms with Crippen molar-refractivity contribution in [3.63, 3.8) is 0 Å². The zero-order valence-electron chi connectivity index (χ0n) is 14.6. The number of carbonyl (C=O) groups is 1. The molecule has 1 heterocycles. The molecule has 3 aromatic rings. The quantitative estimate of drug-likeness (QED) is 0.290. The number of halogens is 1. The van der Waals surface area contributed by atoms with E-state index in [2.05, 4.69) is 20.7 Å². The van der Waals surface area contributed by atoms with Gasteiger partial charge in [0, 0.05) is 23.8 Å². The Balaban J connectivity index is 0.00000261. The lowest BCUT2D eigenvalue weighted by molar-refractivity contribution is -0.116. The summed E-state index contributed by atoms with van der Waals surface area (Å²) in [5.41, 5.74) is 8.45. The highest BCUT2D eigenvalue weighted by atomic mass is 127. The second kappa shape index (κ2) is 10.3. The van der Waals surface area contributed by atoms with Crippen LogP contribution in [0.3, 0.4) is 0 Å². The van der Waals surface area contributed by atoms with Crippen molar-refractivity contribution in [2.24, 2.45) is 10.7 Å². The number of anilines is 2. The normalized spacial score (nSPS) is 10.7. The number of nitrogens with zero attached hydrogens (tertiary/aromatic N) is 3. The summed E-state index contributed by atoms with van der Waals surface area (Å²) < 4.78 is 1.57. The zero-order valence-corrected chi connectivity index (χ0v) is 16.9. The Morgan fingerprint density at radius 2 is 1.81 bits per heavy atom. The molecule has 0 spiro atoms. The molecule has 0 unspecified atom stereocenters. The van der Waals surface area contributed by atoms with Crippen molar-refractivity contribution in [3.8, 4) is 0 Å². The highest BCUT2D eigenvalue weighted by Crippen LogP contribution is 2.12. The van der Waals surface area contributed by atoms with Crippen LogP contribution < -0.4 is 16.4 Å². The summed E-state index contributed by atoms with van der Waals surface area (Å²) in [7, 11) is 0. The van der Waals surface area contributed by atoms with Gasteiger partial charge in [-0.3, -0.25) is 9.48 Å². The maximum Gasteiger partial charge on any atom is 0.246 e. The largest absolute Gasteiger partial charge is 0.370 e. The van der Waals surface area contributed by atoms with Crippen LogP contribution in [0, 0.1) is 0 Å². The molecule has 0 aliphatic rings. The van der Waals surface area contributed by atoms with Crippen LogP contribution in [0.1, 0.15) is 5.56 Å². The number of aromatic nitrogens is 2. The average molecular weight is 476 g/mol. The summed E-state index contributed by atoms with van der Waals surface area (Å²) in [5, 5.41) is 9.90. The second-order valence-corrected chi connectivity index (χ2v) is 5.64. The van der Waals surface area contributed by atoms with Gasteiger partial charge in [0.1, 0.15) is 6.54 Å². The number of para-hydroxylation sites is 1. The summed E-state index contributed by atoms with van der Waals surface area (Å²) in [4.78, 5) is 16.4. The Morgan fingerprint density at radius 3 is 2.56 bits per heavy atom. The Bertz CT molecular complexity index is 880. The molecule has 0 aliphatic heterocycles. The standard InChI is InChI=1S/C19H20N6O.HI/c20-19(24-16-7-2-1-3-8-16)21-13-15-6-4-9-17(12-15)23-18(26)14-25-11-5-10-22-25;/h1-12H,13-14H2,(H,23,26)(H3,20,21,24);1H. The number of hydrogen-bond acceptors (Lipinski definition) is 3. The van der Waals surface area contributed by atoms with Crippen LogP contribution in [0.25, 0.3) is 0 Å². The predicted molar refractivity (Wildman–Crippen MR) is 118 cm³/mol. The van der Waals surface area contributed by atoms with E-state index in [1.807, 2.05) is 54.6 Å². The number of rotatable bonds is 6. The fourth-order valence-corrected chi connectivity index (χ4v) is 2.37. The Morgan fingerprint density at radius 1 is 1.04 bits per heavy atom. The molecule has 0 fully saturated rings. The number of amides is 1. The van der Waals surface area contributed by atoms with Gasteiger partial charge in [0.05, 0.1) is 6.54 Å². The van der Waals surface area contributed by atoms with E-state index in [4.69, 9.17) is 5.73 Å². The van der Waals surface area contributed by atoms with Crippen LogP contribution in [-0.4, -0.2) is 21.6 Å². The molecule has 0 aliphatic carbocycles.